The summed E-state index contributed by atoms with van der Waals surface area (Å²) in [6.07, 6.45) is 4.14. The summed E-state index contributed by atoms with van der Waals surface area (Å²) in [5.41, 5.74) is 2.91. The van der Waals surface area contributed by atoms with Crippen molar-refractivity contribution >= 4 is 50.6 Å². The summed E-state index contributed by atoms with van der Waals surface area (Å²) in [6, 6.07) is 7.38. The molecule has 0 saturated carbocycles. The van der Waals surface area contributed by atoms with Crippen molar-refractivity contribution in [2.45, 2.75) is 44.7 Å². The number of amides is 1. The van der Waals surface area contributed by atoms with Crippen molar-refractivity contribution in [2.24, 2.45) is 5.92 Å². The monoisotopic (exact) mass is 467 g/mol. The average Bonchev–Trinajstić information content (AvgIpc) is 3.38. The van der Waals surface area contributed by atoms with Crippen molar-refractivity contribution in [1.82, 2.24) is 19.6 Å². The van der Waals surface area contributed by atoms with Crippen molar-refractivity contribution < 1.29 is 9.53 Å². The van der Waals surface area contributed by atoms with Crippen LogP contribution in [0.2, 0.25) is 0 Å². The number of thiophene rings is 1. The molecule has 32 heavy (non-hydrogen) atoms. The van der Waals surface area contributed by atoms with E-state index < -0.39 is 0 Å². The smallest absolute Gasteiger partial charge is 0.234 e. The zero-order valence-electron chi connectivity index (χ0n) is 18.3. The highest BCUT2D eigenvalue weighted by Crippen LogP contribution is 2.39. The highest BCUT2D eigenvalue weighted by Gasteiger charge is 2.25. The molecule has 166 valence electrons. The van der Waals surface area contributed by atoms with Crippen LogP contribution >= 0.6 is 23.1 Å². The number of anilines is 1. The normalized spacial score (nSPS) is 15.8. The molecule has 1 amide bonds. The van der Waals surface area contributed by atoms with Gasteiger partial charge in [0.05, 0.1) is 23.9 Å². The Labute approximate surface area is 194 Å². The first-order valence-corrected chi connectivity index (χ1v) is 12.6. The highest BCUT2D eigenvalue weighted by atomic mass is 32.2. The number of aryl methyl sites for hydroxylation is 2. The Kier molecular flexibility index (Phi) is 5.77. The molecule has 1 atom stereocenters. The van der Waals surface area contributed by atoms with Crippen LogP contribution in [0.25, 0.3) is 15.9 Å². The van der Waals surface area contributed by atoms with Gasteiger partial charge in [0.25, 0.3) is 0 Å². The van der Waals surface area contributed by atoms with E-state index in [0.29, 0.717) is 22.5 Å². The number of thioether (sulfide) groups is 1. The molecule has 0 saturated heterocycles. The van der Waals surface area contributed by atoms with E-state index in [9.17, 15) is 4.79 Å². The third-order valence-electron chi connectivity index (χ3n) is 5.87. The third-order valence-corrected chi connectivity index (χ3v) is 7.95. The Hall–Kier alpha value is -2.65. The summed E-state index contributed by atoms with van der Waals surface area (Å²) < 4.78 is 7.35. The number of nitrogens with one attached hydrogen (secondary N) is 1. The summed E-state index contributed by atoms with van der Waals surface area (Å²) in [5, 5.41) is 13.8. The zero-order chi connectivity index (χ0) is 22.2. The number of carbonyl (C=O) groups is 1. The predicted molar refractivity (Wildman–Crippen MR) is 129 cm³/mol. The van der Waals surface area contributed by atoms with Gasteiger partial charge in [0.15, 0.2) is 10.8 Å². The molecule has 0 fully saturated rings. The molecular weight excluding hydrogens is 442 g/mol. The lowest BCUT2D eigenvalue weighted by molar-refractivity contribution is -0.113. The number of fused-ring (bicyclic) bond motifs is 5. The molecule has 1 aromatic carbocycles. The fourth-order valence-corrected chi connectivity index (χ4v) is 6.42. The average molecular weight is 468 g/mol. The maximum Gasteiger partial charge on any atom is 0.234 e. The molecular formula is C23H25N5O2S2. The number of benzene rings is 1. The van der Waals surface area contributed by atoms with Crippen LogP contribution in [0, 0.1) is 5.92 Å². The van der Waals surface area contributed by atoms with Crippen molar-refractivity contribution in [1.29, 1.82) is 0 Å². The van der Waals surface area contributed by atoms with Gasteiger partial charge in [-0.25, -0.2) is 4.98 Å². The van der Waals surface area contributed by atoms with Crippen LogP contribution in [0.3, 0.4) is 0 Å². The minimum atomic E-state index is -0.120. The first-order chi connectivity index (χ1) is 15.6. The van der Waals surface area contributed by atoms with Gasteiger partial charge in [-0.2, -0.15) is 0 Å². The standard InChI is InChI=1S/C23H25N5O2S2/c1-4-18-25-22-20(14-10-9-13(2)11-17(14)32-22)21-26-27-23(28(18)21)31-12-19(29)24-15-7-5-6-8-16(15)30-3/h5-8,13H,4,9-12H2,1-3H3,(H,24,29)/t13-/m0/s1. The SMILES string of the molecule is CCc1nc2sc3c(c2c2nnc(SCC(=O)Nc4ccccc4OC)n12)CC[C@H](C)C3. The summed E-state index contributed by atoms with van der Waals surface area (Å²) in [4.78, 5) is 20.1. The first-order valence-electron chi connectivity index (χ1n) is 10.8. The van der Waals surface area contributed by atoms with Gasteiger partial charge in [-0.3, -0.25) is 9.20 Å². The van der Waals surface area contributed by atoms with Crippen molar-refractivity contribution in [3.05, 3.63) is 40.5 Å². The molecule has 1 aliphatic carbocycles. The fraction of sp³-hybridized carbons (Fsp3) is 0.391. The number of carbonyl (C=O) groups excluding carboxylic acids is 1. The summed E-state index contributed by atoms with van der Waals surface area (Å²) in [5.74, 6) is 2.37. The van der Waals surface area contributed by atoms with E-state index in [1.165, 1.54) is 28.6 Å². The molecule has 0 bridgehead atoms. The molecule has 4 aromatic rings. The lowest BCUT2D eigenvalue weighted by atomic mass is 9.89. The number of methoxy groups -OCH3 is 1. The highest BCUT2D eigenvalue weighted by molar-refractivity contribution is 7.99. The Bertz CT molecular complexity index is 1310. The quantitative estimate of drug-likeness (QED) is 0.412. The Morgan fingerprint density at radius 3 is 3.00 bits per heavy atom. The largest absolute Gasteiger partial charge is 0.495 e. The van der Waals surface area contributed by atoms with E-state index in [1.807, 2.05) is 28.7 Å². The minimum absolute atomic E-state index is 0.120. The van der Waals surface area contributed by atoms with Crippen molar-refractivity contribution in [2.75, 3.05) is 18.2 Å². The van der Waals surface area contributed by atoms with Crippen LogP contribution < -0.4 is 10.1 Å². The lowest BCUT2D eigenvalue weighted by Crippen LogP contribution is -2.15. The number of ether oxygens (including phenoxy) is 1. The van der Waals surface area contributed by atoms with Crippen molar-refractivity contribution in [3.63, 3.8) is 0 Å². The Morgan fingerprint density at radius 2 is 2.19 bits per heavy atom. The number of rotatable bonds is 6. The van der Waals surface area contributed by atoms with Gasteiger partial charge in [-0.15, -0.1) is 21.5 Å². The number of aromatic nitrogens is 4. The molecule has 7 nitrogen and oxygen atoms in total. The maximum atomic E-state index is 12.6. The molecule has 1 aliphatic rings. The molecule has 0 aliphatic heterocycles. The van der Waals surface area contributed by atoms with Crippen LogP contribution in [0.4, 0.5) is 5.69 Å². The van der Waals surface area contributed by atoms with Crippen LogP contribution in [0.15, 0.2) is 29.4 Å². The Morgan fingerprint density at radius 1 is 1.34 bits per heavy atom. The van der Waals surface area contributed by atoms with Crippen LogP contribution in [-0.2, 0) is 24.1 Å². The van der Waals surface area contributed by atoms with Gasteiger partial charge in [0, 0.05) is 11.3 Å². The topological polar surface area (TPSA) is 81.4 Å². The van der Waals surface area contributed by atoms with E-state index in [-0.39, 0.29) is 11.7 Å². The summed E-state index contributed by atoms with van der Waals surface area (Å²) >= 11 is 3.18. The summed E-state index contributed by atoms with van der Waals surface area (Å²) in [7, 11) is 1.59. The number of hydrogen-bond donors (Lipinski definition) is 1. The van der Waals surface area contributed by atoms with E-state index in [2.05, 4.69) is 29.4 Å². The number of hydrogen-bond acceptors (Lipinski definition) is 7. The molecule has 0 spiro atoms. The van der Waals surface area contributed by atoms with Crippen molar-refractivity contribution in [3.8, 4) is 5.75 Å². The van der Waals surface area contributed by atoms with E-state index >= 15 is 0 Å². The molecule has 0 unspecified atom stereocenters. The van der Waals surface area contributed by atoms with Gasteiger partial charge >= 0.3 is 0 Å². The second-order valence-electron chi connectivity index (χ2n) is 8.09. The second-order valence-corrected chi connectivity index (χ2v) is 10.1. The van der Waals surface area contributed by atoms with Gasteiger partial charge in [0.1, 0.15) is 16.4 Å². The van der Waals surface area contributed by atoms with E-state index in [1.54, 1.807) is 18.4 Å². The predicted octanol–water partition coefficient (Wildman–Crippen LogP) is 4.77. The van der Waals surface area contributed by atoms with Crippen LogP contribution in [0.1, 0.15) is 36.5 Å². The first kappa shape index (κ1) is 21.2. The molecule has 0 radical (unpaired) electrons. The Balaban J connectivity index is 1.45. The minimum Gasteiger partial charge on any atom is -0.495 e. The van der Waals surface area contributed by atoms with Crippen LogP contribution in [-0.4, -0.2) is 38.4 Å². The van der Waals surface area contributed by atoms with Gasteiger partial charge in [-0.05, 0) is 42.9 Å². The summed E-state index contributed by atoms with van der Waals surface area (Å²) in [6.45, 7) is 4.40. The molecule has 3 heterocycles. The fourth-order valence-electron chi connectivity index (χ4n) is 4.27. The van der Waals surface area contributed by atoms with Gasteiger partial charge in [0.2, 0.25) is 5.91 Å². The molecule has 3 aromatic heterocycles. The maximum absolute atomic E-state index is 12.6. The number of nitrogens with zero attached hydrogens (tertiary/aromatic N) is 4. The lowest BCUT2D eigenvalue weighted by Gasteiger charge is -2.17. The third kappa shape index (κ3) is 3.73. The molecule has 5 rings (SSSR count). The second kappa shape index (κ2) is 8.71. The van der Waals surface area contributed by atoms with Gasteiger partial charge < -0.3 is 10.1 Å². The molecule has 9 heteroatoms. The van der Waals surface area contributed by atoms with E-state index in [0.717, 1.165) is 41.0 Å². The van der Waals surface area contributed by atoms with Crippen LogP contribution in [0.5, 0.6) is 5.75 Å². The van der Waals surface area contributed by atoms with E-state index in [4.69, 9.17) is 9.72 Å². The number of para-hydroxylation sites is 2. The van der Waals surface area contributed by atoms with Gasteiger partial charge in [-0.1, -0.05) is 37.7 Å². The molecule has 1 N–H and O–H groups in total. The zero-order valence-corrected chi connectivity index (χ0v) is 20.0.